The summed E-state index contributed by atoms with van der Waals surface area (Å²) >= 11 is 6.19. The number of hydrogen-bond acceptors (Lipinski definition) is 6. The summed E-state index contributed by atoms with van der Waals surface area (Å²) in [5.74, 6) is 0. The van der Waals surface area contributed by atoms with Crippen molar-refractivity contribution in [2.75, 3.05) is 31.6 Å². The normalized spacial score (nSPS) is 16.5. The molecule has 0 aromatic heterocycles. The maximum absolute atomic E-state index is 12.8. The fraction of sp³-hybridized carbons (Fsp3) is 0.333. The molecule has 2 aromatic carbocycles. The van der Waals surface area contributed by atoms with E-state index in [1.165, 1.54) is 16.4 Å². The second kappa shape index (κ2) is 8.44. The zero-order valence-electron chi connectivity index (χ0n) is 15.2. The van der Waals surface area contributed by atoms with Crippen LogP contribution < -0.4 is 5.32 Å². The molecular formula is C18H20ClN3O5S. The minimum absolute atomic E-state index is 0.114. The molecule has 1 saturated heterocycles. The molecule has 0 saturated carbocycles. The van der Waals surface area contributed by atoms with Gasteiger partial charge in [0.25, 0.3) is 5.69 Å². The standard InChI is InChI=1S/C18H20ClN3O5S/c1-13(15-4-2-3-5-16(15)19)20-17-7-6-14(12-18(17)22(23)24)28(25,26)21-8-10-27-11-9-21/h2-7,12-13,20H,8-11H2,1H3/t13-/m1/s1. The zero-order valence-corrected chi connectivity index (χ0v) is 16.7. The number of nitro groups is 1. The van der Waals surface area contributed by atoms with Crippen LogP contribution in [-0.2, 0) is 14.8 Å². The minimum Gasteiger partial charge on any atom is -0.379 e. The summed E-state index contributed by atoms with van der Waals surface area (Å²) in [7, 11) is -3.82. The first-order valence-electron chi connectivity index (χ1n) is 8.68. The Morgan fingerprint density at radius 2 is 1.89 bits per heavy atom. The predicted octanol–water partition coefficient (Wildman–Crippen LogP) is 3.44. The number of nitrogens with zero attached hydrogens (tertiary/aromatic N) is 2. The van der Waals surface area contributed by atoms with Crippen molar-refractivity contribution < 1.29 is 18.1 Å². The number of rotatable bonds is 6. The quantitative estimate of drug-likeness (QED) is 0.561. The molecule has 28 heavy (non-hydrogen) atoms. The summed E-state index contributed by atoms with van der Waals surface area (Å²) < 4.78 is 32.0. The van der Waals surface area contributed by atoms with Crippen LogP contribution in [0.15, 0.2) is 47.4 Å². The largest absolute Gasteiger partial charge is 0.379 e. The van der Waals surface area contributed by atoms with Gasteiger partial charge >= 0.3 is 0 Å². The lowest BCUT2D eigenvalue weighted by molar-refractivity contribution is -0.384. The molecule has 0 aliphatic carbocycles. The van der Waals surface area contributed by atoms with Gasteiger partial charge in [0.1, 0.15) is 5.69 Å². The molecular weight excluding hydrogens is 406 g/mol. The molecule has 1 fully saturated rings. The highest BCUT2D eigenvalue weighted by molar-refractivity contribution is 7.89. The maximum atomic E-state index is 12.8. The first-order valence-corrected chi connectivity index (χ1v) is 10.5. The lowest BCUT2D eigenvalue weighted by Gasteiger charge is -2.26. The molecule has 0 spiro atoms. The number of benzene rings is 2. The highest BCUT2D eigenvalue weighted by Gasteiger charge is 2.29. The molecule has 0 amide bonds. The van der Waals surface area contributed by atoms with Crippen molar-refractivity contribution in [1.29, 1.82) is 0 Å². The third-order valence-electron chi connectivity index (χ3n) is 4.52. The Kier molecular flexibility index (Phi) is 6.19. The highest BCUT2D eigenvalue weighted by atomic mass is 35.5. The summed E-state index contributed by atoms with van der Waals surface area (Å²) in [5, 5.41) is 15.2. The van der Waals surface area contributed by atoms with E-state index in [1.807, 2.05) is 19.1 Å². The topological polar surface area (TPSA) is 102 Å². The second-order valence-corrected chi connectivity index (χ2v) is 8.69. The van der Waals surface area contributed by atoms with Gasteiger partial charge in [0.05, 0.1) is 29.1 Å². The Labute approximate surface area is 168 Å². The van der Waals surface area contributed by atoms with E-state index in [0.717, 1.165) is 11.6 Å². The second-order valence-electron chi connectivity index (χ2n) is 6.34. The Hall–Kier alpha value is -2.20. The van der Waals surface area contributed by atoms with E-state index >= 15 is 0 Å². The fourth-order valence-electron chi connectivity index (χ4n) is 3.02. The van der Waals surface area contributed by atoms with Crippen molar-refractivity contribution in [3.63, 3.8) is 0 Å². The van der Waals surface area contributed by atoms with Crippen LogP contribution in [0.3, 0.4) is 0 Å². The lowest BCUT2D eigenvalue weighted by Crippen LogP contribution is -2.40. The van der Waals surface area contributed by atoms with Crippen molar-refractivity contribution in [3.05, 3.63) is 63.2 Å². The zero-order chi connectivity index (χ0) is 20.3. The molecule has 3 rings (SSSR count). The van der Waals surface area contributed by atoms with E-state index in [1.54, 1.807) is 12.1 Å². The van der Waals surface area contributed by atoms with Crippen molar-refractivity contribution >= 4 is 33.0 Å². The summed E-state index contributed by atoms with van der Waals surface area (Å²) in [5.41, 5.74) is 0.690. The Morgan fingerprint density at radius 3 is 2.54 bits per heavy atom. The summed E-state index contributed by atoms with van der Waals surface area (Å²) in [6.07, 6.45) is 0. The molecule has 1 atom stereocenters. The summed E-state index contributed by atoms with van der Waals surface area (Å²) in [6.45, 7) is 2.87. The number of ether oxygens (including phenoxy) is 1. The minimum atomic E-state index is -3.82. The van der Waals surface area contributed by atoms with Gasteiger partial charge in [-0.15, -0.1) is 0 Å². The molecule has 1 aliphatic heterocycles. The molecule has 1 heterocycles. The first-order chi connectivity index (χ1) is 13.3. The third kappa shape index (κ3) is 4.27. The van der Waals surface area contributed by atoms with Crippen molar-refractivity contribution in [2.45, 2.75) is 17.9 Å². The number of hydrogen-bond donors (Lipinski definition) is 1. The molecule has 0 radical (unpaired) electrons. The predicted molar refractivity (Wildman–Crippen MR) is 106 cm³/mol. The van der Waals surface area contributed by atoms with Crippen molar-refractivity contribution in [2.24, 2.45) is 0 Å². The number of anilines is 1. The maximum Gasteiger partial charge on any atom is 0.293 e. The number of morpholine rings is 1. The fourth-order valence-corrected chi connectivity index (χ4v) is 4.75. The van der Waals surface area contributed by atoms with Gasteiger partial charge < -0.3 is 10.1 Å². The smallest absolute Gasteiger partial charge is 0.293 e. The molecule has 0 unspecified atom stereocenters. The molecule has 1 aliphatic rings. The van der Waals surface area contributed by atoms with E-state index in [0.29, 0.717) is 18.2 Å². The van der Waals surface area contributed by atoms with Crippen LogP contribution in [0.1, 0.15) is 18.5 Å². The molecule has 10 heteroatoms. The average molecular weight is 426 g/mol. The lowest BCUT2D eigenvalue weighted by atomic mass is 10.1. The van der Waals surface area contributed by atoms with Gasteiger partial charge in [0, 0.05) is 24.2 Å². The van der Waals surface area contributed by atoms with Crippen LogP contribution in [0, 0.1) is 10.1 Å². The van der Waals surface area contributed by atoms with E-state index in [4.69, 9.17) is 16.3 Å². The highest BCUT2D eigenvalue weighted by Crippen LogP contribution is 2.33. The summed E-state index contributed by atoms with van der Waals surface area (Å²) in [4.78, 5) is 10.9. The monoisotopic (exact) mass is 425 g/mol. The van der Waals surface area contributed by atoms with Crippen LogP contribution in [0.25, 0.3) is 0 Å². The Morgan fingerprint density at radius 1 is 1.21 bits per heavy atom. The van der Waals surface area contributed by atoms with Crippen LogP contribution in [0.4, 0.5) is 11.4 Å². The number of halogens is 1. The Bertz CT molecular complexity index is 977. The van der Waals surface area contributed by atoms with Crippen LogP contribution in [-0.4, -0.2) is 43.9 Å². The van der Waals surface area contributed by atoms with Gasteiger partial charge in [-0.2, -0.15) is 4.31 Å². The third-order valence-corrected chi connectivity index (χ3v) is 6.76. The van der Waals surface area contributed by atoms with Gasteiger partial charge in [0.2, 0.25) is 10.0 Å². The van der Waals surface area contributed by atoms with Crippen LogP contribution >= 0.6 is 11.6 Å². The number of sulfonamides is 1. The molecule has 150 valence electrons. The van der Waals surface area contributed by atoms with Crippen molar-refractivity contribution in [1.82, 2.24) is 4.31 Å². The molecule has 8 nitrogen and oxygen atoms in total. The van der Waals surface area contributed by atoms with Crippen molar-refractivity contribution in [3.8, 4) is 0 Å². The first kappa shape index (κ1) is 20.5. The van der Waals surface area contributed by atoms with E-state index in [-0.39, 0.29) is 35.4 Å². The molecule has 1 N–H and O–H groups in total. The summed E-state index contributed by atoms with van der Waals surface area (Å²) in [6, 6.07) is 10.8. The number of nitrogens with one attached hydrogen (secondary N) is 1. The van der Waals surface area contributed by atoms with Crippen LogP contribution in [0.2, 0.25) is 5.02 Å². The Balaban J connectivity index is 1.91. The van der Waals surface area contributed by atoms with Gasteiger partial charge in [-0.05, 0) is 30.7 Å². The van der Waals surface area contributed by atoms with E-state index < -0.39 is 14.9 Å². The van der Waals surface area contributed by atoms with Gasteiger partial charge in [-0.25, -0.2) is 8.42 Å². The van der Waals surface area contributed by atoms with Gasteiger partial charge in [0.15, 0.2) is 0 Å². The van der Waals surface area contributed by atoms with E-state index in [9.17, 15) is 18.5 Å². The molecule has 0 bridgehead atoms. The van der Waals surface area contributed by atoms with Gasteiger partial charge in [-0.1, -0.05) is 29.8 Å². The van der Waals surface area contributed by atoms with E-state index in [2.05, 4.69) is 5.32 Å². The molecule has 2 aromatic rings. The average Bonchev–Trinajstić information content (AvgIpc) is 2.69. The van der Waals surface area contributed by atoms with Gasteiger partial charge in [-0.3, -0.25) is 10.1 Å². The van der Waals surface area contributed by atoms with Crippen LogP contribution in [0.5, 0.6) is 0 Å². The number of nitro benzene ring substituents is 1. The SMILES string of the molecule is C[C@@H](Nc1ccc(S(=O)(=O)N2CCOCC2)cc1[N+](=O)[O-])c1ccccc1Cl.